The van der Waals surface area contributed by atoms with Gasteiger partial charge in [0.1, 0.15) is 5.60 Å². The zero-order valence-corrected chi connectivity index (χ0v) is 19.3. The average molecular weight is 445 g/mol. The fourth-order valence-electron chi connectivity index (χ4n) is 3.91. The summed E-state index contributed by atoms with van der Waals surface area (Å²) in [5.41, 5.74) is 0.666. The number of methoxy groups -OCH3 is 1. The molecular formula is C24H29ClN2O4. The van der Waals surface area contributed by atoms with E-state index in [-0.39, 0.29) is 0 Å². The van der Waals surface area contributed by atoms with E-state index in [2.05, 4.69) is 11.4 Å². The Morgan fingerprint density at radius 1 is 1.03 bits per heavy atom. The minimum Gasteiger partial charge on any atom is -0.467 e. The number of carbonyl (C=O) groups is 2. The lowest BCUT2D eigenvalue weighted by Gasteiger charge is -2.45. The summed E-state index contributed by atoms with van der Waals surface area (Å²) in [5.74, 6) is -0.537. The smallest absolute Gasteiger partial charge is 0.415 e. The van der Waals surface area contributed by atoms with Crippen molar-refractivity contribution in [2.24, 2.45) is 0 Å². The fourth-order valence-corrected chi connectivity index (χ4v) is 4.03. The highest BCUT2D eigenvalue weighted by atomic mass is 35.5. The number of nitrogens with zero attached hydrogens (tertiary/aromatic N) is 1. The van der Waals surface area contributed by atoms with E-state index in [4.69, 9.17) is 21.1 Å². The van der Waals surface area contributed by atoms with E-state index in [1.807, 2.05) is 18.2 Å². The summed E-state index contributed by atoms with van der Waals surface area (Å²) in [6.45, 7) is 7.65. The molecule has 0 saturated carbocycles. The highest BCUT2D eigenvalue weighted by Gasteiger charge is 2.52. The summed E-state index contributed by atoms with van der Waals surface area (Å²) in [6, 6.07) is 14.4. The Morgan fingerprint density at radius 3 is 2.23 bits per heavy atom. The molecule has 166 valence electrons. The van der Waals surface area contributed by atoms with Gasteiger partial charge in [0.25, 0.3) is 0 Å². The monoisotopic (exact) mass is 444 g/mol. The Morgan fingerprint density at radius 2 is 1.65 bits per heavy atom. The first kappa shape index (κ1) is 23.1. The minimum atomic E-state index is -1.38. The van der Waals surface area contributed by atoms with E-state index in [9.17, 15) is 9.59 Å². The van der Waals surface area contributed by atoms with Crippen molar-refractivity contribution in [2.75, 3.05) is 12.0 Å². The topological polar surface area (TPSA) is 67.9 Å². The molecule has 0 aliphatic carbocycles. The van der Waals surface area contributed by atoms with Crippen LogP contribution in [-0.4, -0.2) is 36.4 Å². The molecule has 1 amide bonds. The number of carbonyl (C=O) groups excluding carboxylic acids is 2. The third-order valence-electron chi connectivity index (χ3n) is 5.48. The van der Waals surface area contributed by atoms with Gasteiger partial charge in [-0.05, 0) is 69.5 Å². The molecular weight excluding hydrogens is 416 g/mol. The maximum atomic E-state index is 13.4. The van der Waals surface area contributed by atoms with Crippen LogP contribution in [0.5, 0.6) is 0 Å². The van der Waals surface area contributed by atoms with Crippen LogP contribution < -0.4 is 10.2 Å². The molecule has 0 radical (unpaired) electrons. The van der Waals surface area contributed by atoms with Crippen molar-refractivity contribution in [3.8, 4) is 0 Å². The number of esters is 1. The molecule has 0 bridgehead atoms. The lowest BCUT2D eigenvalue weighted by Crippen LogP contribution is -2.68. The third kappa shape index (κ3) is 4.86. The number of hydrogen-bond donors (Lipinski definition) is 1. The predicted octanol–water partition coefficient (Wildman–Crippen LogP) is 4.73. The van der Waals surface area contributed by atoms with Crippen LogP contribution in [0.4, 0.5) is 10.5 Å². The quantitative estimate of drug-likeness (QED) is 0.690. The molecule has 1 aliphatic heterocycles. The number of hydrogen-bond acceptors (Lipinski definition) is 5. The minimum absolute atomic E-state index is 0.405. The average Bonchev–Trinajstić information content (AvgIpc) is 2.72. The van der Waals surface area contributed by atoms with E-state index in [0.29, 0.717) is 23.7 Å². The molecule has 2 aromatic rings. The van der Waals surface area contributed by atoms with Gasteiger partial charge in [-0.1, -0.05) is 35.9 Å². The SMILES string of the molecule is COC(=O)[C@@](C)([C@H]1Cc2ccccc2CN1)N(C(=O)OC(C)(C)C)c1ccc(Cl)cc1. The molecule has 3 rings (SSSR count). The van der Waals surface area contributed by atoms with Gasteiger partial charge in [0.2, 0.25) is 0 Å². The Kier molecular flexibility index (Phi) is 6.62. The first-order valence-corrected chi connectivity index (χ1v) is 10.6. The maximum Gasteiger partial charge on any atom is 0.415 e. The fraction of sp³-hybridized carbons (Fsp3) is 0.417. The van der Waals surface area contributed by atoms with Crippen molar-refractivity contribution in [1.29, 1.82) is 0 Å². The second kappa shape index (κ2) is 8.89. The third-order valence-corrected chi connectivity index (χ3v) is 5.74. The molecule has 0 aromatic heterocycles. The lowest BCUT2D eigenvalue weighted by atomic mass is 9.82. The van der Waals surface area contributed by atoms with Crippen molar-refractivity contribution in [3.63, 3.8) is 0 Å². The number of halogens is 1. The van der Waals surface area contributed by atoms with Crippen LogP contribution in [0.3, 0.4) is 0 Å². The summed E-state index contributed by atoms with van der Waals surface area (Å²) < 4.78 is 10.9. The Bertz CT molecular complexity index is 955. The molecule has 31 heavy (non-hydrogen) atoms. The largest absolute Gasteiger partial charge is 0.467 e. The second-order valence-corrected chi connectivity index (χ2v) is 9.27. The molecule has 1 aliphatic rings. The molecule has 7 heteroatoms. The number of amides is 1. The van der Waals surface area contributed by atoms with Crippen LogP contribution in [0.25, 0.3) is 0 Å². The lowest BCUT2D eigenvalue weighted by molar-refractivity contribution is -0.147. The van der Waals surface area contributed by atoms with Gasteiger partial charge in [-0.25, -0.2) is 9.59 Å². The number of anilines is 1. The van der Waals surface area contributed by atoms with Crippen LogP contribution in [0.15, 0.2) is 48.5 Å². The zero-order valence-electron chi connectivity index (χ0n) is 18.6. The summed E-state index contributed by atoms with van der Waals surface area (Å²) in [4.78, 5) is 28.1. The van der Waals surface area contributed by atoms with Crippen molar-refractivity contribution in [3.05, 3.63) is 64.7 Å². The van der Waals surface area contributed by atoms with Crippen molar-refractivity contribution < 1.29 is 19.1 Å². The van der Waals surface area contributed by atoms with Gasteiger partial charge in [0.15, 0.2) is 5.54 Å². The molecule has 1 N–H and O–H groups in total. The van der Waals surface area contributed by atoms with Gasteiger partial charge in [-0.3, -0.25) is 4.90 Å². The van der Waals surface area contributed by atoms with E-state index in [1.54, 1.807) is 52.0 Å². The van der Waals surface area contributed by atoms with Crippen molar-refractivity contribution in [1.82, 2.24) is 5.32 Å². The standard InChI is InChI=1S/C24H29ClN2O4/c1-23(2,3)31-22(29)27(19-12-10-18(25)11-13-19)24(4,21(28)30-5)20-14-16-8-6-7-9-17(16)15-26-20/h6-13,20,26H,14-15H2,1-5H3/t20-,24-/m1/s1. The molecule has 1 heterocycles. The van der Waals surface area contributed by atoms with Crippen LogP contribution >= 0.6 is 11.6 Å². The second-order valence-electron chi connectivity index (χ2n) is 8.84. The predicted molar refractivity (Wildman–Crippen MR) is 121 cm³/mol. The zero-order chi connectivity index (χ0) is 22.8. The molecule has 0 fully saturated rings. The van der Waals surface area contributed by atoms with E-state index >= 15 is 0 Å². The van der Waals surface area contributed by atoms with Gasteiger partial charge in [-0.15, -0.1) is 0 Å². The van der Waals surface area contributed by atoms with Crippen LogP contribution in [-0.2, 0) is 27.2 Å². The number of nitrogens with one attached hydrogen (secondary N) is 1. The van der Waals surface area contributed by atoms with E-state index in [1.165, 1.54) is 17.6 Å². The summed E-state index contributed by atoms with van der Waals surface area (Å²) in [6.07, 6.45) is -0.0855. The van der Waals surface area contributed by atoms with Crippen molar-refractivity contribution in [2.45, 2.75) is 57.8 Å². The summed E-state index contributed by atoms with van der Waals surface area (Å²) in [5, 5.41) is 3.96. The number of ether oxygens (including phenoxy) is 2. The normalized spacial score (nSPS) is 17.8. The molecule has 0 unspecified atom stereocenters. The van der Waals surface area contributed by atoms with Gasteiger partial charge in [-0.2, -0.15) is 0 Å². The van der Waals surface area contributed by atoms with E-state index < -0.39 is 29.2 Å². The highest BCUT2D eigenvalue weighted by Crippen LogP contribution is 2.34. The molecule has 0 saturated heterocycles. The Labute approximate surface area is 188 Å². The number of fused-ring (bicyclic) bond motifs is 1. The summed E-state index contributed by atoms with van der Waals surface area (Å²) in [7, 11) is 1.33. The first-order chi connectivity index (χ1) is 14.6. The molecule has 6 nitrogen and oxygen atoms in total. The molecule has 2 aromatic carbocycles. The van der Waals surface area contributed by atoms with Gasteiger partial charge < -0.3 is 14.8 Å². The van der Waals surface area contributed by atoms with E-state index in [0.717, 1.165) is 5.56 Å². The number of benzene rings is 2. The summed E-state index contributed by atoms with van der Waals surface area (Å²) >= 11 is 6.07. The van der Waals surface area contributed by atoms with Gasteiger partial charge in [0.05, 0.1) is 7.11 Å². The maximum absolute atomic E-state index is 13.4. The van der Waals surface area contributed by atoms with Crippen molar-refractivity contribution >= 4 is 29.4 Å². The molecule has 2 atom stereocenters. The van der Waals surface area contributed by atoms with Gasteiger partial charge >= 0.3 is 12.1 Å². The van der Waals surface area contributed by atoms with Crippen LogP contribution in [0, 0.1) is 0 Å². The van der Waals surface area contributed by atoms with Crippen LogP contribution in [0.1, 0.15) is 38.8 Å². The Hall–Kier alpha value is -2.57. The van der Waals surface area contributed by atoms with Crippen LogP contribution in [0.2, 0.25) is 5.02 Å². The number of rotatable bonds is 4. The highest BCUT2D eigenvalue weighted by molar-refractivity contribution is 6.30. The van der Waals surface area contributed by atoms with Gasteiger partial charge in [0, 0.05) is 23.3 Å². The molecule has 0 spiro atoms. The Balaban J connectivity index is 2.11. The first-order valence-electron chi connectivity index (χ1n) is 10.2.